The lowest BCUT2D eigenvalue weighted by Crippen LogP contribution is -2.43. The minimum absolute atomic E-state index is 0.0499. The first-order chi connectivity index (χ1) is 11.0. The predicted octanol–water partition coefficient (Wildman–Crippen LogP) is 3.84. The topological polar surface area (TPSA) is 49.4 Å². The molecule has 0 bridgehead atoms. The molecule has 0 heterocycles. The van der Waals surface area contributed by atoms with Crippen LogP contribution in [0.3, 0.4) is 0 Å². The molecule has 23 heavy (non-hydrogen) atoms. The third-order valence-electron chi connectivity index (χ3n) is 4.35. The Bertz CT molecular complexity index is 566. The molecule has 4 nitrogen and oxygen atoms in total. The van der Waals surface area contributed by atoms with E-state index in [1.165, 1.54) is 24.7 Å². The van der Waals surface area contributed by atoms with Gasteiger partial charge in [0.15, 0.2) is 0 Å². The van der Waals surface area contributed by atoms with Crippen molar-refractivity contribution >= 4 is 29.1 Å². The van der Waals surface area contributed by atoms with Gasteiger partial charge >= 0.3 is 0 Å². The fourth-order valence-corrected chi connectivity index (χ4v) is 3.36. The lowest BCUT2D eigenvalue weighted by molar-refractivity contribution is -0.123. The molecule has 1 aliphatic carbocycles. The van der Waals surface area contributed by atoms with Gasteiger partial charge in [-0.3, -0.25) is 9.59 Å². The SMILES string of the molecule is CC(=O)N(CC(=O)NC1CCCCCC1)c1ccc(Cl)cc1C. The molecular weight excluding hydrogens is 312 g/mol. The number of rotatable bonds is 4. The fourth-order valence-electron chi connectivity index (χ4n) is 3.13. The van der Waals surface area contributed by atoms with Crippen LogP contribution in [-0.2, 0) is 9.59 Å². The van der Waals surface area contributed by atoms with Crippen LogP contribution in [0.5, 0.6) is 0 Å². The average Bonchev–Trinajstić information content (AvgIpc) is 2.74. The molecule has 1 fully saturated rings. The van der Waals surface area contributed by atoms with E-state index in [1.54, 1.807) is 18.2 Å². The Kier molecular flexibility index (Phi) is 6.46. The van der Waals surface area contributed by atoms with E-state index >= 15 is 0 Å². The van der Waals surface area contributed by atoms with Crippen LogP contribution >= 0.6 is 11.6 Å². The van der Waals surface area contributed by atoms with E-state index in [9.17, 15) is 9.59 Å². The number of aryl methyl sites for hydroxylation is 1. The maximum Gasteiger partial charge on any atom is 0.240 e. The number of amides is 2. The Hall–Kier alpha value is -1.55. The van der Waals surface area contributed by atoms with E-state index in [2.05, 4.69) is 5.32 Å². The Morgan fingerprint density at radius 1 is 1.22 bits per heavy atom. The predicted molar refractivity (Wildman–Crippen MR) is 93.8 cm³/mol. The molecule has 0 radical (unpaired) electrons. The number of halogens is 1. The van der Waals surface area contributed by atoms with Crippen LogP contribution in [0.1, 0.15) is 51.0 Å². The van der Waals surface area contributed by atoms with Crippen molar-refractivity contribution in [2.24, 2.45) is 0 Å². The minimum Gasteiger partial charge on any atom is -0.352 e. The van der Waals surface area contributed by atoms with Crippen molar-refractivity contribution in [3.63, 3.8) is 0 Å². The zero-order chi connectivity index (χ0) is 16.8. The summed E-state index contributed by atoms with van der Waals surface area (Å²) < 4.78 is 0. The van der Waals surface area contributed by atoms with Crippen molar-refractivity contribution in [3.05, 3.63) is 28.8 Å². The first kappa shape index (κ1) is 17.8. The number of carbonyl (C=O) groups is 2. The van der Waals surface area contributed by atoms with Gasteiger partial charge in [-0.15, -0.1) is 0 Å². The first-order valence-electron chi connectivity index (χ1n) is 8.31. The summed E-state index contributed by atoms with van der Waals surface area (Å²) in [5, 5.41) is 3.71. The van der Waals surface area contributed by atoms with Crippen LogP contribution in [0.4, 0.5) is 5.69 Å². The highest BCUT2D eigenvalue weighted by molar-refractivity contribution is 6.30. The van der Waals surface area contributed by atoms with Crippen LogP contribution in [0, 0.1) is 6.92 Å². The van der Waals surface area contributed by atoms with E-state index in [-0.39, 0.29) is 24.4 Å². The zero-order valence-electron chi connectivity index (χ0n) is 13.9. The fraction of sp³-hybridized carbons (Fsp3) is 0.556. The highest BCUT2D eigenvalue weighted by Gasteiger charge is 2.20. The zero-order valence-corrected chi connectivity index (χ0v) is 14.7. The number of nitrogens with one attached hydrogen (secondary N) is 1. The van der Waals surface area contributed by atoms with Crippen molar-refractivity contribution < 1.29 is 9.59 Å². The summed E-state index contributed by atoms with van der Waals surface area (Å²) in [7, 11) is 0. The number of benzene rings is 1. The molecule has 0 saturated heterocycles. The third kappa shape index (κ3) is 5.24. The highest BCUT2D eigenvalue weighted by atomic mass is 35.5. The largest absolute Gasteiger partial charge is 0.352 e. The summed E-state index contributed by atoms with van der Waals surface area (Å²) in [6.07, 6.45) is 6.89. The summed E-state index contributed by atoms with van der Waals surface area (Å²) >= 11 is 5.97. The van der Waals surface area contributed by atoms with Gasteiger partial charge in [-0.1, -0.05) is 37.3 Å². The summed E-state index contributed by atoms with van der Waals surface area (Å²) in [5.41, 5.74) is 1.62. The lowest BCUT2D eigenvalue weighted by Gasteiger charge is -2.24. The van der Waals surface area contributed by atoms with Gasteiger partial charge in [0.2, 0.25) is 11.8 Å². The van der Waals surface area contributed by atoms with Gasteiger partial charge in [-0.25, -0.2) is 0 Å². The average molecular weight is 337 g/mol. The molecule has 126 valence electrons. The number of hydrogen-bond donors (Lipinski definition) is 1. The highest BCUT2D eigenvalue weighted by Crippen LogP contribution is 2.24. The summed E-state index contributed by atoms with van der Waals surface area (Å²) in [4.78, 5) is 25.8. The van der Waals surface area contributed by atoms with Crippen LogP contribution in [0.25, 0.3) is 0 Å². The maximum absolute atomic E-state index is 12.4. The minimum atomic E-state index is -0.147. The molecule has 2 amide bonds. The second-order valence-electron chi connectivity index (χ2n) is 6.29. The molecule has 1 aromatic rings. The molecule has 0 aromatic heterocycles. The van der Waals surface area contributed by atoms with Crippen LogP contribution in [0.2, 0.25) is 5.02 Å². The Labute approximate surface area is 143 Å². The van der Waals surface area contributed by atoms with Crippen LogP contribution in [0.15, 0.2) is 18.2 Å². The number of nitrogens with zero attached hydrogens (tertiary/aromatic N) is 1. The van der Waals surface area contributed by atoms with Crippen molar-refractivity contribution in [3.8, 4) is 0 Å². The summed E-state index contributed by atoms with van der Waals surface area (Å²) in [6, 6.07) is 5.57. The van der Waals surface area contributed by atoms with Gasteiger partial charge in [0.1, 0.15) is 6.54 Å². The smallest absolute Gasteiger partial charge is 0.240 e. The van der Waals surface area contributed by atoms with Gasteiger partial charge in [0.25, 0.3) is 0 Å². The van der Waals surface area contributed by atoms with E-state index in [0.29, 0.717) is 5.02 Å². The first-order valence-corrected chi connectivity index (χ1v) is 8.69. The van der Waals surface area contributed by atoms with Gasteiger partial charge in [0, 0.05) is 23.7 Å². The molecule has 0 spiro atoms. The van der Waals surface area contributed by atoms with Crippen molar-refractivity contribution in [1.29, 1.82) is 0 Å². The third-order valence-corrected chi connectivity index (χ3v) is 4.59. The summed E-state index contributed by atoms with van der Waals surface area (Å²) in [5.74, 6) is -0.243. The normalized spacial score (nSPS) is 15.8. The van der Waals surface area contributed by atoms with E-state index in [4.69, 9.17) is 11.6 Å². The molecule has 1 saturated carbocycles. The van der Waals surface area contributed by atoms with Crippen LogP contribution in [-0.4, -0.2) is 24.4 Å². The summed E-state index contributed by atoms with van der Waals surface area (Å²) in [6.45, 7) is 3.42. The quantitative estimate of drug-likeness (QED) is 0.849. The van der Waals surface area contributed by atoms with Gasteiger partial charge in [0.05, 0.1) is 0 Å². The van der Waals surface area contributed by atoms with Crippen LogP contribution < -0.4 is 10.2 Å². The Balaban J connectivity index is 2.03. The number of anilines is 1. The molecular formula is C18H25ClN2O2. The Morgan fingerprint density at radius 3 is 2.43 bits per heavy atom. The number of carbonyl (C=O) groups excluding carboxylic acids is 2. The maximum atomic E-state index is 12.4. The molecule has 0 aliphatic heterocycles. The molecule has 1 N–H and O–H groups in total. The van der Waals surface area contributed by atoms with Crippen molar-refractivity contribution in [2.45, 2.75) is 58.4 Å². The Morgan fingerprint density at radius 2 is 1.87 bits per heavy atom. The van der Waals surface area contributed by atoms with E-state index in [1.807, 2.05) is 6.92 Å². The lowest BCUT2D eigenvalue weighted by atomic mass is 10.1. The van der Waals surface area contributed by atoms with Crippen molar-refractivity contribution in [1.82, 2.24) is 5.32 Å². The monoisotopic (exact) mass is 336 g/mol. The second kappa shape index (κ2) is 8.34. The number of hydrogen-bond acceptors (Lipinski definition) is 2. The molecule has 2 rings (SSSR count). The van der Waals surface area contributed by atoms with Crippen molar-refractivity contribution in [2.75, 3.05) is 11.4 Å². The van der Waals surface area contributed by atoms with E-state index in [0.717, 1.165) is 36.9 Å². The van der Waals surface area contributed by atoms with E-state index < -0.39 is 0 Å². The molecule has 1 aliphatic rings. The molecule has 5 heteroatoms. The standard InChI is InChI=1S/C18H25ClN2O2/c1-13-11-15(19)9-10-17(13)21(14(2)22)12-18(23)20-16-7-5-3-4-6-8-16/h9-11,16H,3-8,12H2,1-2H3,(H,20,23). The van der Waals surface area contributed by atoms with Gasteiger partial charge < -0.3 is 10.2 Å². The van der Waals surface area contributed by atoms with Gasteiger partial charge in [-0.05, 0) is 43.5 Å². The van der Waals surface area contributed by atoms with Gasteiger partial charge in [-0.2, -0.15) is 0 Å². The second-order valence-corrected chi connectivity index (χ2v) is 6.73. The molecule has 1 aromatic carbocycles. The molecule has 0 unspecified atom stereocenters. The molecule has 0 atom stereocenters.